The molecule has 0 radical (unpaired) electrons. The van der Waals surface area contributed by atoms with E-state index in [1.165, 1.54) is 22.9 Å². The van der Waals surface area contributed by atoms with E-state index in [9.17, 15) is 9.18 Å². The number of halogens is 1. The number of anilines is 1. The molecule has 2 heterocycles. The third-order valence-corrected chi connectivity index (χ3v) is 2.66. The first kappa shape index (κ1) is 12.3. The smallest absolute Gasteiger partial charge is 0.250 e. The lowest BCUT2D eigenvalue weighted by Gasteiger charge is -2.15. The molecule has 0 aliphatic heterocycles. The van der Waals surface area contributed by atoms with Crippen LogP contribution in [0.2, 0.25) is 0 Å². The minimum Gasteiger partial charge on any atom is -0.376 e. The van der Waals surface area contributed by atoms with Crippen LogP contribution < -0.4 is 10.9 Å². The van der Waals surface area contributed by atoms with Crippen LogP contribution in [0, 0.1) is 5.82 Å². The highest BCUT2D eigenvalue weighted by molar-refractivity contribution is 5.42. The van der Waals surface area contributed by atoms with Crippen molar-refractivity contribution >= 4 is 5.69 Å². The molecule has 2 rings (SSSR count). The summed E-state index contributed by atoms with van der Waals surface area (Å²) in [7, 11) is 1.69. The fraction of sp³-hybridized carbons (Fsp3) is 0.231. The van der Waals surface area contributed by atoms with Crippen molar-refractivity contribution in [3.63, 3.8) is 0 Å². The molecule has 2 aromatic heterocycles. The molecular weight excluding hydrogens is 233 g/mol. The summed E-state index contributed by atoms with van der Waals surface area (Å²) in [6.45, 7) is 1.92. The summed E-state index contributed by atoms with van der Waals surface area (Å²) >= 11 is 0. The summed E-state index contributed by atoms with van der Waals surface area (Å²) in [5.41, 5.74) is 1.49. The Bertz CT molecular complexity index is 592. The molecular formula is C13H14FN3O. The van der Waals surface area contributed by atoms with E-state index in [4.69, 9.17) is 0 Å². The first-order chi connectivity index (χ1) is 8.56. The van der Waals surface area contributed by atoms with E-state index in [-0.39, 0.29) is 17.4 Å². The van der Waals surface area contributed by atoms with Gasteiger partial charge in [0.2, 0.25) is 5.56 Å². The number of hydrogen-bond donors (Lipinski definition) is 1. The lowest BCUT2D eigenvalue weighted by molar-refractivity contribution is 0.617. The van der Waals surface area contributed by atoms with E-state index in [0.717, 1.165) is 11.4 Å². The number of pyridine rings is 2. The third kappa shape index (κ3) is 2.74. The van der Waals surface area contributed by atoms with Gasteiger partial charge in [-0.3, -0.25) is 9.78 Å². The van der Waals surface area contributed by atoms with Crippen molar-refractivity contribution in [2.45, 2.75) is 13.0 Å². The average molecular weight is 247 g/mol. The molecule has 18 heavy (non-hydrogen) atoms. The van der Waals surface area contributed by atoms with Crippen molar-refractivity contribution in [2.75, 3.05) is 5.32 Å². The van der Waals surface area contributed by atoms with Gasteiger partial charge in [-0.1, -0.05) is 0 Å². The van der Waals surface area contributed by atoms with Gasteiger partial charge in [0.05, 0.1) is 23.6 Å². The number of nitrogens with one attached hydrogen (secondary N) is 1. The van der Waals surface area contributed by atoms with E-state index in [0.29, 0.717) is 0 Å². The second-order valence-electron chi connectivity index (χ2n) is 4.13. The molecule has 1 unspecified atom stereocenters. The van der Waals surface area contributed by atoms with Crippen LogP contribution in [-0.4, -0.2) is 9.55 Å². The highest BCUT2D eigenvalue weighted by Crippen LogP contribution is 2.16. The lowest BCUT2D eigenvalue weighted by Crippen LogP contribution is -2.16. The highest BCUT2D eigenvalue weighted by Gasteiger charge is 2.07. The lowest BCUT2D eigenvalue weighted by atomic mass is 10.2. The molecule has 0 saturated carbocycles. The fourth-order valence-electron chi connectivity index (χ4n) is 1.65. The van der Waals surface area contributed by atoms with Crippen LogP contribution in [0.1, 0.15) is 18.7 Å². The summed E-state index contributed by atoms with van der Waals surface area (Å²) in [6, 6.07) is 6.15. The molecule has 0 aromatic carbocycles. The fourth-order valence-corrected chi connectivity index (χ4v) is 1.65. The van der Waals surface area contributed by atoms with Gasteiger partial charge in [0.25, 0.3) is 0 Å². The molecule has 0 aliphatic carbocycles. The molecule has 1 N–H and O–H groups in total. The van der Waals surface area contributed by atoms with Crippen molar-refractivity contribution < 1.29 is 4.39 Å². The summed E-state index contributed by atoms with van der Waals surface area (Å²) < 4.78 is 14.2. The van der Waals surface area contributed by atoms with E-state index >= 15 is 0 Å². The Morgan fingerprint density at radius 1 is 1.33 bits per heavy atom. The molecule has 5 heteroatoms. The van der Waals surface area contributed by atoms with Crippen LogP contribution >= 0.6 is 0 Å². The van der Waals surface area contributed by atoms with Crippen LogP contribution in [0.4, 0.5) is 10.1 Å². The van der Waals surface area contributed by atoms with Gasteiger partial charge in [-0.25, -0.2) is 4.39 Å². The zero-order chi connectivity index (χ0) is 13.1. The van der Waals surface area contributed by atoms with Gasteiger partial charge in [-0.15, -0.1) is 0 Å². The average Bonchev–Trinajstić information content (AvgIpc) is 2.34. The summed E-state index contributed by atoms with van der Waals surface area (Å²) in [5.74, 6) is -0.354. The van der Waals surface area contributed by atoms with Gasteiger partial charge in [-0.05, 0) is 25.1 Å². The molecule has 2 aromatic rings. The van der Waals surface area contributed by atoms with Crippen LogP contribution in [0.3, 0.4) is 0 Å². The van der Waals surface area contributed by atoms with Crippen molar-refractivity contribution in [3.05, 3.63) is 58.5 Å². The van der Waals surface area contributed by atoms with Crippen LogP contribution in [0.5, 0.6) is 0 Å². The van der Waals surface area contributed by atoms with E-state index < -0.39 is 0 Å². The Morgan fingerprint density at radius 3 is 2.72 bits per heavy atom. The normalized spacial score (nSPS) is 12.2. The monoisotopic (exact) mass is 247 g/mol. The molecule has 0 amide bonds. The Kier molecular flexibility index (Phi) is 3.41. The van der Waals surface area contributed by atoms with Gasteiger partial charge in [0.15, 0.2) is 0 Å². The zero-order valence-corrected chi connectivity index (χ0v) is 10.2. The Balaban J connectivity index is 2.15. The van der Waals surface area contributed by atoms with Gasteiger partial charge >= 0.3 is 0 Å². The Hall–Kier alpha value is -2.17. The minimum absolute atomic E-state index is 0.0619. The summed E-state index contributed by atoms with van der Waals surface area (Å²) in [4.78, 5) is 15.3. The third-order valence-electron chi connectivity index (χ3n) is 2.66. The maximum absolute atomic E-state index is 12.8. The molecule has 4 nitrogen and oxygen atoms in total. The van der Waals surface area contributed by atoms with Crippen molar-refractivity contribution in [1.82, 2.24) is 9.55 Å². The van der Waals surface area contributed by atoms with E-state index in [1.54, 1.807) is 25.4 Å². The summed E-state index contributed by atoms with van der Waals surface area (Å²) in [6.07, 6.45) is 2.90. The molecule has 0 saturated heterocycles. The maximum atomic E-state index is 12.8. The molecule has 0 fully saturated rings. The predicted molar refractivity (Wildman–Crippen MR) is 67.9 cm³/mol. The molecule has 94 valence electrons. The Labute approximate surface area is 104 Å². The van der Waals surface area contributed by atoms with Crippen LogP contribution in [0.15, 0.2) is 41.5 Å². The molecule has 1 atom stereocenters. The van der Waals surface area contributed by atoms with Crippen molar-refractivity contribution in [2.24, 2.45) is 7.05 Å². The van der Waals surface area contributed by atoms with E-state index in [2.05, 4.69) is 10.3 Å². The zero-order valence-electron chi connectivity index (χ0n) is 10.2. The second-order valence-corrected chi connectivity index (χ2v) is 4.13. The van der Waals surface area contributed by atoms with Gasteiger partial charge in [-0.2, -0.15) is 0 Å². The van der Waals surface area contributed by atoms with Gasteiger partial charge < -0.3 is 9.88 Å². The van der Waals surface area contributed by atoms with Crippen LogP contribution in [0.25, 0.3) is 0 Å². The van der Waals surface area contributed by atoms with Crippen molar-refractivity contribution in [1.29, 1.82) is 0 Å². The number of aryl methyl sites for hydroxylation is 1. The quantitative estimate of drug-likeness (QED) is 0.903. The second kappa shape index (κ2) is 5.00. The molecule has 0 spiro atoms. The van der Waals surface area contributed by atoms with Gasteiger partial charge in [0.1, 0.15) is 5.82 Å². The SMILES string of the molecule is CC(Nc1ccc(=O)n(C)c1)c1ccc(F)cn1. The van der Waals surface area contributed by atoms with E-state index in [1.807, 2.05) is 6.92 Å². The molecule has 0 aliphatic rings. The molecule has 0 bridgehead atoms. The number of nitrogens with zero attached hydrogens (tertiary/aromatic N) is 2. The van der Waals surface area contributed by atoms with Crippen molar-refractivity contribution in [3.8, 4) is 0 Å². The minimum atomic E-state index is -0.354. The predicted octanol–water partition coefficient (Wildman–Crippen LogP) is 2.09. The Morgan fingerprint density at radius 2 is 2.11 bits per heavy atom. The summed E-state index contributed by atoms with van der Waals surface area (Å²) in [5, 5.41) is 3.20. The largest absolute Gasteiger partial charge is 0.376 e. The van der Waals surface area contributed by atoms with Crippen LogP contribution in [-0.2, 0) is 7.05 Å². The maximum Gasteiger partial charge on any atom is 0.250 e. The first-order valence-corrected chi connectivity index (χ1v) is 5.61. The standard InChI is InChI=1S/C13H14FN3O/c1-9(12-5-3-10(14)7-15-12)16-11-4-6-13(18)17(2)8-11/h3-9,16H,1-2H3. The first-order valence-electron chi connectivity index (χ1n) is 5.61. The van der Waals surface area contributed by atoms with Gasteiger partial charge in [0, 0.05) is 19.3 Å². The highest BCUT2D eigenvalue weighted by atomic mass is 19.1. The number of rotatable bonds is 3. The number of aromatic nitrogens is 2. The number of hydrogen-bond acceptors (Lipinski definition) is 3. The topological polar surface area (TPSA) is 46.9 Å².